The number of methoxy groups -OCH3 is 1. The number of benzene rings is 1. The molecule has 0 aliphatic carbocycles. The number of rotatable bonds is 5. The molecule has 3 aliphatic rings. The first-order valence-electron chi connectivity index (χ1n) is 11.0. The SMILES string of the molecule is CCOc1cc(C2=CC(=O)N3C=C(N4CCNCC4)C=CC3=CCC2C)ccc1OC. The van der Waals surface area contributed by atoms with Crippen LogP contribution in [-0.2, 0) is 4.79 Å². The summed E-state index contributed by atoms with van der Waals surface area (Å²) in [6.45, 7) is 8.48. The molecular formula is C25H31N3O3. The van der Waals surface area contributed by atoms with Gasteiger partial charge in [-0.05, 0) is 54.7 Å². The quantitative estimate of drug-likeness (QED) is 0.788. The molecule has 0 aromatic heterocycles. The molecule has 1 fully saturated rings. The molecule has 1 atom stereocenters. The molecule has 1 aromatic carbocycles. The Hall–Kier alpha value is -2.99. The van der Waals surface area contributed by atoms with Crippen LogP contribution in [0.3, 0.4) is 0 Å². The Kier molecular flexibility index (Phi) is 6.47. The Balaban J connectivity index is 1.66. The van der Waals surface area contributed by atoms with Crippen LogP contribution in [0.15, 0.2) is 60.1 Å². The van der Waals surface area contributed by atoms with Crippen molar-refractivity contribution in [3.05, 3.63) is 65.7 Å². The molecule has 4 rings (SSSR count). The number of ether oxygens (including phenoxy) is 2. The zero-order valence-electron chi connectivity index (χ0n) is 18.6. The lowest BCUT2D eigenvalue weighted by atomic mass is 9.89. The summed E-state index contributed by atoms with van der Waals surface area (Å²) in [7, 11) is 1.64. The molecule has 1 unspecified atom stereocenters. The van der Waals surface area contributed by atoms with Crippen LogP contribution in [0.1, 0.15) is 25.8 Å². The van der Waals surface area contributed by atoms with E-state index in [1.807, 2.05) is 31.3 Å². The topological polar surface area (TPSA) is 54.0 Å². The number of hydrogen-bond donors (Lipinski definition) is 1. The minimum atomic E-state index is -0.0291. The first-order chi connectivity index (χ1) is 15.1. The van der Waals surface area contributed by atoms with Crippen molar-refractivity contribution in [1.82, 2.24) is 15.1 Å². The molecule has 31 heavy (non-hydrogen) atoms. The third-order valence-corrected chi connectivity index (χ3v) is 5.97. The summed E-state index contributed by atoms with van der Waals surface area (Å²) in [6.07, 6.45) is 10.9. The lowest BCUT2D eigenvalue weighted by Crippen LogP contribution is -2.43. The van der Waals surface area contributed by atoms with Gasteiger partial charge in [-0.1, -0.05) is 19.1 Å². The number of nitrogens with one attached hydrogen (secondary N) is 1. The van der Waals surface area contributed by atoms with Gasteiger partial charge < -0.3 is 19.7 Å². The maximum Gasteiger partial charge on any atom is 0.255 e. The Bertz CT molecular complexity index is 955. The lowest BCUT2D eigenvalue weighted by Gasteiger charge is -2.34. The monoisotopic (exact) mass is 421 g/mol. The molecule has 3 heterocycles. The van der Waals surface area contributed by atoms with Gasteiger partial charge in [0.2, 0.25) is 0 Å². The van der Waals surface area contributed by atoms with E-state index in [9.17, 15) is 4.79 Å². The summed E-state index contributed by atoms with van der Waals surface area (Å²) >= 11 is 0. The van der Waals surface area contributed by atoms with Crippen molar-refractivity contribution in [3.8, 4) is 11.5 Å². The standard InChI is InChI=1S/C25H31N3O3/c1-4-31-24-15-19(6-10-23(24)30-3)22-16-25(29)28-17-21(27-13-11-26-12-14-27)9-8-20(28)7-5-18(22)2/h6-10,15-18,26H,4-5,11-14H2,1-3H3. The van der Waals surface area contributed by atoms with Crippen molar-refractivity contribution in [2.45, 2.75) is 20.3 Å². The average Bonchev–Trinajstić information content (AvgIpc) is 2.80. The summed E-state index contributed by atoms with van der Waals surface area (Å²) < 4.78 is 11.2. The van der Waals surface area contributed by atoms with Gasteiger partial charge in [-0.3, -0.25) is 9.69 Å². The number of piperazine rings is 1. The number of fused-ring (bicyclic) bond motifs is 1. The summed E-state index contributed by atoms with van der Waals surface area (Å²) in [5.41, 5.74) is 4.02. The van der Waals surface area contributed by atoms with Crippen LogP contribution in [0.5, 0.6) is 11.5 Å². The molecule has 0 saturated carbocycles. The van der Waals surface area contributed by atoms with Gasteiger partial charge in [0.1, 0.15) is 0 Å². The molecule has 6 nitrogen and oxygen atoms in total. The maximum atomic E-state index is 13.3. The van der Waals surface area contributed by atoms with Crippen molar-refractivity contribution in [3.63, 3.8) is 0 Å². The van der Waals surface area contributed by atoms with Gasteiger partial charge in [-0.15, -0.1) is 0 Å². The number of nitrogens with zero attached hydrogens (tertiary/aromatic N) is 2. The third kappa shape index (κ3) is 4.54. The van der Waals surface area contributed by atoms with Gasteiger partial charge in [0.05, 0.1) is 19.4 Å². The normalized spacial score (nSPS) is 21.5. The number of carbonyl (C=O) groups excluding carboxylic acids is 1. The predicted octanol–water partition coefficient (Wildman–Crippen LogP) is 3.55. The van der Waals surface area contributed by atoms with E-state index in [0.29, 0.717) is 18.1 Å². The van der Waals surface area contributed by atoms with E-state index in [-0.39, 0.29) is 11.8 Å². The molecule has 1 amide bonds. The highest BCUT2D eigenvalue weighted by atomic mass is 16.5. The van der Waals surface area contributed by atoms with Gasteiger partial charge >= 0.3 is 0 Å². The molecule has 6 heteroatoms. The second-order valence-electron chi connectivity index (χ2n) is 8.00. The summed E-state index contributed by atoms with van der Waals surface area (Å²) in [5.74, 6) is 1.57. The molecule has 3 aliphatic heterocycles. The van der Waals surface area contributed by atoms with E-state index in [2.05, 4.69) is 35.4 Å². The van der Waals surface area contributed by atoms with Gasteiger partial charge in [-0.2, -0.15) is 0 Å². The Morgan fingerprint density at radius 2 is 1.90 bits per heavy atom. The molecule has 1 saturated heterocycles. The van der Waals surface area contributed by atoms with E-state index in [0.717, 1.165) is 55.1 Å². The zero-order chi connectivity index (χ0) is 21.8. The van der Waals surface area contributed by atoms with E-state index in [1.54, 1.807) is 18.1 Å². The number of allylic oxidation sites excluding steroid dienone is 4. The zero-order valence-corrected chi connectivity index (χ0v) is 18.6. The van der Waals surface area contributed by atoms with Gasteiger partial charge in [-0.25, -0.2) is 0 Å². The fraction of sp³-hybridized carbons (Fsp3) is 0.400. The van der Waals surface area contributed by atoms with Crippen LogP contribution in [0.25, 0.3) is 5.57 Å². The number of carbonyl (C=O) groups is 1. The smallest absolute Gasteiger partial charge is 0.255 e. The van der Waals surface area contributed by atoms with Crippen LogP contribution in [0.4, 0.5) is 0 Å². The van der Waals surface area contributed by atoms with Crippen molar-refractivity contribution < 1.29 is 14.3 Å². The van der Waals surface area contributed by atoms with Crippen molar-refractivity contribution in [1.29, 1.82) is 0 Å². The first-order valence-corrected chi connectivity index (χ1v) is 11.0. The highest BCUT2D eigenvalue weighted by molar-refractivity contribution is 5.98. The summed E-state index contributed by atoms with van der Waals surface area (Å²) in [6, 6.07) is 5.88. The maximum absolute atomic E-state index is 13.3. The second-order valence-corrected chi connectivity index (χ2v) is 8.00. The molecule has 164 valence electrons. The predicted molar refractivity (Wildman–Crippen MR) is 123 cm³/mol. The Morgan fingerprint density at radius 1 is 1.13 bits per heavy atom. The molecule has 0 bridgehead atoms. The van der Waals surface area contributed by atoms with Crippen molar-refractivity contribution >= 4 is 11.5 Å². The summed E-state index contributed by atoms with van der Waals surface area (Å²) in [5, 5.41) is 3.37. The molecule has 0 spiro atoms. The minimum Gasteiger partial charge on any atom is -0.493 e. The van der Waals surface area contributed by atoms with Crippen molar-refractivity contribution in [2.24, 2.45) is 5.92 Å². The Morgan fingerprint density at radius 3 is 2.65 bits per heavy atom. The summed E-state index contributed by atoms with van der Waals surface area (Å²) in [4.78, 5) is 17.4. The molecular weight excluding hydrogens is 390 g/mol. The highest BCUT2D eigenvalue weighted by Gasteiger charge is 2.24. The van der Waals surface area contributed by atoms with Gasteiger partial charge in [0, 0.05) is 44.2 Å². The van der Waals surface area contributed by atoms with Crippen LogP contribution in [-0.4, -0.2) is 55.6 Å². The van der Waals surface area contributed by atoms with Crippen LogP contribution >= 0.6 is 0 Å². The van der Waals surface area contributed by atoms with Crippen LogP contribution in [0.2, 0.25) is 0 Å². The molecule has 1 N–H and O–H groups in total. The van der Waals surface area contributed by atoms with E-state index < -0.39 is 0 Å². The fourth-order valence-electron chi connectivity index (χ4n) is 4.23. The second kappa shape index (κ2) is 9.43. The lowest BCUT2D eigenvalue weighted by molar-refractivity contribution is -0.122. The van der Waals surface area contributed by atoms with Crippen molar-refractivity contribution in [2.75, 3.05) is 39.9 Å². The van der Waals surface area contributed by atoms with E-state index in [4.69, 9.17) is 9.47 Å². The number of amides is 1. The largest absolute Gasteiger partial charge is 0.493 e. The van der Waals surface area contributed by atoms with E-state index in [1.165, 1.54) is 0 Å². The van der Waals surface area contributed by atoms with Crippen LogP contribution < -0.4 is 14.8 Å². The highest BCUT2D eigenvalue weighted by Crippen LogP contribution is 2.36. The number of hydrogen-bond acceptors (Lipinski definition) is 5. The Labute approximate surface area is 184 Å². The average molecular weight is 422 g/mol. The van der Waals surface area contributed by atoms with E-state index >= 15 is 0 Å². The van der Waals surface area contributed by atoms with Gasteiger partial charge in [0.25, 0.3) is 5.91 Å². The third-order valence-electron chi connectivity index (χ3n) is 5.97. The first kappa shape index (κ1) is 21.2. The fourth-order valence-corrected chi connectivity index (χ4v) is 4.23. The minimum absolute atomic E-state index is 0.0291. The van der Waals surface area contributed by atoms with Gasteiger partial charge in [0.15, 0.2) is 11.5 Å². The molecule has 0 radical (unpaired) electrons. The van der Waals surface area contributed by atoms with Crippen LogP contribution in [0, 0.1) is 5.92 Å². The molecule has 1 aromatic rings.